The van der Waals surface area contributed by atoms with Crippen molar-refractivity contribution in [2.24, 2.45) is 5.73 Å². The third-order valence-corrected chi connectivity index (χ3v) is 4.93. The number of benzene rings is 1. The Hall–Kier alpha value is -3.27. The van der Waals surface area contributed by atoms with Gasteiger partial charge in [0.05, 0.1) is 16.3 Å². The van der Waals surface area contributed by atoms with Gasteiger partial charge in [0, 0.05) is 24.2 Å². The zero-order valence-electron chi connectivity index (χ0n) is 16.5. The van der Waals surface area contributed by atoms with Crippen molar-refractivity contribution in [1.82, 2.24) is 15.0 Å². The van der Waals surface area contributed by atoms with Gasteiger partial charge in [-0.1, -0.05) is 17.7 Å². The van der Waals surface area contributed by atoms with E-state index in [1.54, 1.807) is 0 Å². The summed E-state index contributed by atoms with van der Waals surface area (Å²) in [7, 11) is 0. The van der Waals surface area contributed by atoms with Crippen LogP contribution in [-0.2, 0) is 17.4 Å². The molecule has 1 amide bonds. The van der Waals surface area contributed by atoms with Crippen LogP contribution in [0, 0.1) is 5.82 Å². The number of nitrogens with one attached hydrogen (secondary N) is 1. The van der Waals surface area contributed by atoms with Gasteiger partial charge >= 0.3 is 6.18 Å². The molecule has 2 aromatic heterocycles. The molecular weight excluding hydrogens is 452 g/mol. The summed E-state index contributed by atoms with van der Waals surface area (Å²) in [5, 5.41) is -0.00534. The Kier molecular flexibility index (Phi) is 6.93. The van der Waals surface area contributed by atoms with Crippen molar-refractivity contribution in [2.75, 3.05) is 0 Å². The summed E-state index contributed by atoms with van der Waals surface area (Å²) in [4.78, 5) is 32.9. The van der Waals surface area contributed by atoms with E-state index in [2.05, 4.69) is 15.0 Å². The molecule has 1 aromatic carbocycles. The standard InChI is InChI=1S/C21H17ClF4N4O2/c22-13-7-5-11(3-1-2-4-16(27)31)19(23)18(13)20-29-14(9-17(32)30-20)12-6-8-15(28-10-12)21(24,25)26/h5-10H,1-4H2,(H2,27,31)(H,29,30,32). The Balaban J connectivity index is 1.96. The molecule has 6 nitrogen and oxygen atoms in total. The van der Waals surface area contributed by atoms with Crippen molar-refractivity contribution >= 4 is 17.5 Å². The van der Waals surface area contributed by atoms with E-state index in [1.807, 2.05) is 0 Å². The lowest BCUT2D eigenvalue weighted by Gasteiger charge is -2.11. The Bertz CT molecular complexity index is 1190. The fraction of sp³-hybridized carbons (Fsp3) is 0.238. The lowest BCUT2D eigenvalue weighted by molar-refractivity contribution is -0.141. The molecule has 0 radical (unpaired) electrons. The van der Waals surface area contributed by atoms with E-state index in [9.17, 15) is 22.8 Å². The SMILES string of the molecule is NC(=O)CCCCc1ccc(Cl)c(-c2nc(-c3ccc(C(F)(F)F)nc3)cc(=O)[nH]2)c1F. The molecule has 0 aliphatic rings. The van der Waals surface area contributed by atoms with Gasteiger partial charge in [0.2, 0.25) is 5.91 Å². The normalized spacial score (nSPS) is 11.5. The Morgan fingerprint density at radius 1 is 1.16 bits per heavy atom. The molecule has 11 heteroatoms. The minimum Gasteiger partial charge on any atom is -0.370 e. The van der Waals surface area contributed by atoms with E-state index >= 15 is 4.39 Å². The number of pyridine rings is 1. The highest BCUT2D eigenvalue weighted by molar-refractivity contribution is 6.33. The zero-order chi connectivity index (χ0) is 23.5. The fourth-order valence-corrected chi connectivity index (χ4v) is 3.29. The maximum absolute atomic E-state index is 15.2. The number of H-pyrrole nitrogens is 1. The van der Waals surface area contributed by atoms with E-state index < -0.39 is 29.2 Å². The number of unbranched alkanes of at least 4 members (excludes halogenated alkanes) is 1. The van der Waals surface area contributed by atoms with Crippen molar-refractivity contribution in [3.05, 3.63) is 69.0 Å². The van der Waals surface area contributed by atoms with Gasteiger partial charge < -0.3 is 10.7 Å². The number of carbonyl (C=O) groups excluding carboxylic acids is 1. The van der Waals surface area contributed by atoms with Crippen LogP contribution in [0.1, 0.15) is 30.5 Å². The molecule has 3 rings (SSSR count). The van der Waals surface area contributed by atoms with Crippen LogP contribution in [0.25, 0.3) is 22.6 Å². The van der Waals surface area contributed by atoms with Crippen LogP contribution in [0.5, 0.6) is 0 Å². The summed E-state index contributed by atoms with van der Waals surface area (Å²) < 4.78 is 53.4. The number of nitrogens with two attached hydrogens (primary N) is 1. The molecule has 0 unspecified atom stereocenters. The van der Waals surface area contributed by atoms with Gasteiger partial charge in [-0.25, -0.2) is 9.37 Å². The average molecular weight is 469 g/mol. The average Bonchev–Trinajstić information content (AvgIpc) is 2.71. The number of nitrogens with zero attached hydrogens (tertiary/aromatic N) is 2. The van der Waals surface area contributed by atoms with Crippen LogP contribution < -0.4 is 11.3 Å². The first-order valence-corrected chi connectivity index (χ1v) is 9.84. The van der Waals surface area contributed by atoms with Gasteiger partial charge in [-0.2, -0.15) is 13.2 Å². The first-order chi connectivity index (χ1) is 15.1. The number of aromatic amines is 1. The largest absolute Gasteiger partial charge is 0.433 e. The van der Waals surface area contributed by atoms with Gasteiger partial charge in [-0.15, -0.1) is 0 Å². The molecule has 0 aliphatic heterocycles. The number of hydrogen-bond acceptors (Lipinski definition) is 4. The Labute approximate surface area is 184 Å². The highest BCUT2D eigenvalue weighted by atomic mass is 35.5. The lowest BCUT2D eigenvalue weighted by Crippen LogP contribution is -2.11. The van der Waals surface area contributed by atoms with Crippen LogP contribution in [0.4, 0.5) is 17.6 Å². The summed E-state index contributed by atoms with van der Waals surface area (Å²) in [6.45, 7) is 0. The molecule has 0 spiro atoms. The molecule has 32 heavy (non-hydrogen) atoms. The second-order valence-electron chi connectivity index (χ2n) is 6.98. The van der Waals surface area contributed by atoms with E-state index in [-0.39, 0.29) is 34.1 Å². The van der Waals surface area contributed by atoms with Gasteiger partial charge in [0.25, 0.3) is 5.56 Å². The molecule has 2 heterocycles. The monoisotopic (exact) mass is 468 g/mol. The molecule has 0 saturated carbocycles. The second kappa shape index (κ2) is 9.47. The predicted octanol–water partition coefficient (Wildman–Crippen LogP) is 4.51. The van der Waals surface area contributed by atoms with Crippen molar-refractivity contribution in [3.8, 4) is 22.6 Å². The third-order valence-electron chi connectivity index (χ3n) is 4.62. The van der Waals surface area contributed by atoms with Crippen molar-refractivity contribution in [1.29, 1.82) is 0 Å². The van der Waals surface area contributed by atoms with Gasteiger partial charge in [0.1, 0.15) is 17.3 Å². The molecule has 3 aromatic rings. The van der Waals surface area contributed by atoms with E-state index in [0.717, 1.165) is 24.4 Å². The minimum atomic E-state index is -4.61. The molecule has 0 aliphatic carbocycles. The number of carbonyl (C=O) groups is 1. The van der Waals surface area contributed by atoms with Crippen LogP contribution in [0.3, 0.4) is 0 Å². The van der Waals surface area contributed by atoms with Crippen LogP contribution >= 0.6 is 11.6 Å². The van der Waals surface area contributed by atoms with Gasteiger partial charge in [-0.3, -0.25) is 14.6 Å². The molecular formula is C21H17ClF4N4O2. The second-order valence-corrected chi connectivity index (χ2v) is 7.39. The summed E-state index contributed by atoms with van der Waals surface area (Å²) in [6, 6.07) is 5.89. The number of rotatable bonds is 7. The first kappa shape index (κ1) is 23.4. The smallest absolute Gasteiger partial charge is 0.370 e. The number of primary amides is 1. The summed E-state index contributed by atoms with van der Waals surface area (Å²) in [5.41, 5.74) is 3.67. The van der Waals surface area contributed by atoms with E-state index in [1.165, 1.54) is 12.1 Å². The van der Waals surface area contributed by atoms with Gasteiger partial charge in [0.15, 0.2) is 0 Å². The highest BCUT2D eigenvalue weighted by Gasteiger charge is 2.32. The van der Waals surface area contributed by atoms with E-state index in [4.69, 9.17) is 17.3 Å². The minimum absolute atomic E-state index is 0.00534. The van der Waals surface area contributed by atoms with Crippen LogP contribution in [0.15, 0.2) is 41.3 Å². The molecule has 0 bridgehead atoms. The number of hydrogen-bond donors (Lipinski definition) is 2. The maximum Gasteiger partial charge on any atom is 0.433 e. The molecule has 0 saturated heterocycles. The lowest BCUT2D eigenvalue weighted by atomic mass is 10.0. The Morgan fingerprint density at radius 3 is 2.53 bits per heavy atom. The van der Waals surface area contributed by atoms with Crippen LogP contribution in [-0.4, -0.2) is 20.9 Å². The first-order valence-electron chi connectivity index (χ1n) is 9.47. The fourth-order valence-electron chi connectivity index (χ4n) is 3.06. The molecule has 3 N–H and O–H groups in total. The van der Waals surface area contributed by atoms with Crippen LogP contribution in [0.2, 0.25) is 5.02 Å². The van der Waals surface area contributed by atoms with Crippen molar-refractivity contribution < 1.29 is 22.4 Å². The number of alkyl halides is 3. The molecule has 0 atom stereocenters. The third kappa shape index (κ3) is 5.50. The summed E-state index contributed by atoms with van der Waals surface area (Å²) in [5.74, 6) is -1.31. The number of halogens is 5. The topological polar surface area (TPSA) is 102 Å². The number of aromatic nitrogens is 3. The Morgan fingerprint density at radius 2 is 1.91 bits per heavy atom. The number of amides is 1. The predicted molar refractivity (Wildman–Crippen MR) is 110 cm³/mol. The summed E-state index contributed by atoms with van der Waals surface area (Å²) >= 11 is 6.16. The van der Waals surface area contributed by atoms with Crippen molar-refractivity contribution in [2.45, 2.75) is 31.9 Å². The molecule has 0 fully saturated rings. The highest BCUT2D eigenvalue weighted by Crippen LogP contribution is 2.32. The summed E-state index contributed by atoms with van der Waals surface area (Å²) in [6.07, 6.45) is -2.21. The van der Waals surface area contributed by atoms with Gasteiger partial charge in [-0.05, 0) is 43.0 Å². The zero-order valence-corrected chi connectivity index (χ0v) is 17.2. The quantitative estimate of drug-likeness (QED) is 0.393. The maximum atomic E-state index is 15.2. The molecule has 168 valence electrons. The van der Waals surface area contributed by atoms with E-state index in [0.29, 0.717) is 24.8 Å². The van der Waals surface area contributed by atoms with Crippen molar-refractivity contribution in [3.63, 3.8) is 0 Å². The number of aryl methyl sites for hydroxylation is 1.